The van der Waals surface area contributed by atoms with E-state index in [0.717, 1.165) is 27.7 Å². The minimum absolute atomic E-state index is 0.0211. The van der Waals surface area contributed by atoms with Crippen LogP contribution in [0.15, 0.2) is 30.3 Å². The summed E-state index contributed by atoms with van der Waals surface area (Å²) in [6, 6.07) is -14.5. The second-order valence-corrected chi connectivity index (χ2v) is 26.6. The zero-order chi connectivity index (χ0) is 79.1. The number of aliphatic hydroxyl groups is 2. The summed E-state index contributed by atoms with van der Waals surface area (Å²) in [5.74, 6) is -23.3. The minimum atomic E-state index is -5.33. The molecule has 0 radical (unpaired) electrons. The monoisotopic (exact) mass is 1490 g/mol. The molecule has 0 heterocycles. The number of nitrogens with two attached hydrogens (primary N) is 1. The van der Waals surface area contributed by atoms with E-state index in [1.165, 1.54) is 27.7 Å². The Balaban J connectivity index is 3.52. The molecule has 0 bridgehead atoms. The fraction of sp³-hybridized carbons (Fsp3) is 0.623. The van der Waals surface area contributed by atoms with Gasteiger partial charge >= 0.3 is 32.0 Å². The molecule has 0 aliphatic heterocycles. The summed E-state index contributed by atoms with van der Waals surface area (Å²) in [4.78, 5) is 253. The van der Waals surface area contributed by atoms with Crippen LogP contribution in [-0.4, -0.2) is 243 Å². The molecule has 26 N–H and O–H groups in total. The van der Waals surface area contributed by atoms with Gasteiger partial charge < -0.3 is 106 Å². The maximum atomic E-state index is 14.2. The van der Waals surface area contributed by atoms with Crippen LogP contribution in [0.4, 0.5) is 0 Å². The third kappa shape index (κ3) is 34.3. The van der Waals surface area contributed by atoms with E-state index in [1.54, 1.807) is 44.2 Å². The van der Waals surface area contributed by atoms with E-state index in [2.05, 4.69) is 69.5 Å². The molecule has 0 aliphatic rings. The molecule has 15 atom stereocenters. The first-order chi connectivity index (χ1) is 47.7. The lowest BCUT2D eigenvalue weighted by Crippen LogP contribution is -2.70. The summed E-state index contributed by atoms with van der Waals surface area (Å²) in [5, 5.41) is 85.8. The predicted molar refractivity (Wildman–Crippen MR) is 355 cm³/mol. The van der Waals surface area contributed by atoms with Gasteiger partial charge in [-0.3, -0.25) is 76.7 Å². The van der Waals surface area contributed by atoms with Crippen LogP contribution in [0.1, 0.15) is 126 Å². The molecule has 0 aliphatic carbocycles. The lowest BCUT2D eigenvalue weighted by molar-refractivity contribution is -0.409. The smallest absolute Gasteiger partial charge is 0.481 e. The molecule has 578 valence electrons. The second-order valence-electron chi connectivity index (χ2n) is 25.3. The molecule has 0 aromatic heterocycles. The van der Waals surface area contributed by atoms with Crippen LogP contribution in [0, 0.1) is 17.8 Å². The van der Waals surface area contributed by atoms with Crippen molar-refractivity contribution in [1.82, 2.24) is 63.8 Å². The molecular weight excluding hydrogens is 1390 g/mol. The standard InChI is InChI=1S/C61H97N14O27P/c1-26(2)22-38(70-51(87)34(62)25-76)55(91)66-36(18-21-43(81)82)53(89)72-46(28(5)6)58(94)75-48(32(10)102-103(99,100)101)60(96)67-35(17-20-42(79)80)52(88)64-29(7)49(85)69-40(24-44(83)84)54(90)65-30(8)50(86)74-47(31(9)77)59(95)71-39(23-33-14-12-11-13-15-33)56(92)73-45(27(3)4)57(93)68-37(61(97)98)16-19-41(63)78/h11-15,26-32,34-40,45-48,76-77,99-101H,16-25,62H2,1-10H3,(H17-,63,64,65,66,67,68,69,70,71,72,73,74,75,78,79,80,81,82,83,84,85,86,87,88,89,90,91,92,93,94,95,96,97,98)/p+2/t29-,30-,31+,32+,34-,35-,36-,37-,38-,39-,40-,45-,46-,47-,48-/m0/s1. The first-order valence-corrected chi connectivity index (χ1v) is 34.0. The number of nitrogens with one attached hydrogen (secondary N) is 12. The summed E-state index contributed by atoms with van der Waals surface area (Å²) >= 11 is 0. The van der Waals surface area contributed by atoms with E-state index in [4.69, 9.17) is 10.3 Å². The van der Waals surface area contributed by atoms with Crippen molar-refractivity contribution in [2.45, 2.75) is 218 Å². The number of aliphatic hydroxyl groups excluding tert-OH is 2. The molecule has 1 aromatic rings. The van der Waals surface area contributed by atoms with Crippen molar-refractivity contribution in [2.75, 3.05) is 6.61 Å². The summed E-state index contributed by atoms with van der Waals surface area (Å²) in [5.41, 5.74) is 9.09. The Labute approximate surface area is 591 Å². The van der Waals surface area contributed by atoms with Gasteiger partial charge in [-0.1, -0.05) is 71.9 Å². The highest BCUT2D eigenvalue weighted by molar-refractivity contribution is 7.53. The molecule has 41 nitrogen and oxygen atoms in total. The van der Waals surface area contributed by atoms with Crippen LogP contribution < -0.4 is 75.3 Å². The summed E-state index contributed by atoms with van der Waals surface area (Å²) in [7, 11) is -5.33. The third-order valence-electron chi connectivity index (χ3n) is 15.1. The zero-order valence-corrected chi connectivity index (χ0v) is 59.3. The highest BCUT2D eigenvalue weighted by atomic mass is 31.2. The van der Waals surface area contributed by atoms with Crippen LogP contribution in [0.5, 0.6) is 0 Å². The minimum Gasteiger partial charge on any atom is -0.481 e. The van der Waals surface area contributed by atoms with Crippen LogP contribution in [0.25, 0.3) is 0 Å². The third-order valence-corrected chi connectivity index (χ3v) is 15.7. The molecule has 1 aromatic carbocycles. The molecule has 103 heavy (non-hydrogen) atoms. The Morgan fingerprint density at radius 3 is 1.24 bits per heavy atom. The highest BCUT2D eigenvalue weighted by Crippen LogP contribution is 2.47. The number of quaternary nitrogens is 1. The Morgan fingerprint density at radius 2 is 0.806 bits per heavy atom. The first-order valence-electron chi connectivity index (χ1n) is 32.4. The van der Waals surface area contributed by atoms with Gasteiger partial charge in [0.1, 0.15) is 85.2 Å². The Bertz CT molecular complexity index is 3160. The van der Waals surface area contributed by atoms with Crippen LogP contribution in [-0.2, 0) is 92.5 Å². The number of carboxylic acid groups (broad SMARTS) is 4. The van der Waals surface area contributed by atoms with Gasteiger partial charge in [-0.25, -0.2) is 4.79 Å². The number of amides is 13. The maximum Gasteiger partial charge on any atom is 0.567 e. The molecule has 0 saturated heterocycles. The van der Waals surface area contributed by atoms with Crippen molar-refractivity contribution in [1.29, 1.82) is 0 Å². The quantitative estimate of drug-likeness (QED) is 0.0270. The molecule has 42 heteroatoms. The number of benzene rings is 1. The number of primary amides is 1. The number of carboxylic acids is 4. The van der Waals surface area contributed by atoms with Gasteiger partial charge in [-0.2, -0.15) is 14.7 Å². The van der Waals surface area contributed by atoms with Gasteiger partial charge in [0.05, 0.1) is 12.5 Å². The first kappa shape index (κ1) is 91.4. The van der Waals surface area contributed by atoms with E-state index in [1.807, 2.05) is 0 Å². The van der Waals surface area contributed by atoms with E-state index < -0.39 is 257 Å². The number of hydrogen-bond acceptors (Lipinski definition) is 23. The number of hydrogen-bond donors (Lipinski definition) is 23. The summed E-state index contributed by atoms with van der Waals surface area (Å²) < 4.78 is 4.80. The fourth-order valence-corrected chi connectivity index (χ4v) is 10.0. The van der Waals surface area contributed by atoms with Crippen molar-refractivity contribution in [3.8, 4) is 0 Å². The number of aliphatic carboxylic acids is 4. The molecule has 0 spiro atoms. The SMILES string of the molecule is CC(C)C[C@H](NC(=O)[C@@H]([NH3+])CO)C(=O)N[C@@H](CCC(=O)O)C(=O)N[C@H](C(=O)N[C@H](C(=O)N[C@@H](CCC(=O)O)C(=O)N[C@@H](C)C(=O)N[C@@H](CC(=O)O)C(=O)N[C@@H](C)C(=O)N[C@H](C(=O)N[C@@H](Cc1ccccc1)C(=O)N[C@H](C(=O)N[C@@H](CCC(N)=O)C(=O)O)C(C)C)[C@@H](C)O)[C@@H](C)O[P+](O)(O)O)C(C)C. The van der Waals surface area contributed by atoms with Gasteiger partial charge in [0.25, 0.3) is 5.91 Å². The Kier molecular flexibility index (Phi) is 39.0. The average molecular weight is 1490 g/mol. The number of carbonyl (C=O) groups excluding carboxylic acids is 13. The fourth-order valence-electron chi connectivity index (χ4n) is 9.43. The van der Waals surface area contributed by atoms with E-state index in [9.17, 15) is 127 Å². The van der Waals surface area contributed by atoms with Crippen molar-refractivity contribution in [2.24, 2.45) is 23.5 Å². The van der Waals surface area contributed by atoms with Gasteiger partial charge in [0.2, 0.25) is 70.9 Å². The van der Waals surface area contributed by atoms with Gasteiger partial charge in [0.15, 0.2) is 6.04 Å². The summed E-state index contributed by atoms with van der Waals surface area (Å²) in [6.07, 6.45) is -9.09. The summed E-state index contributed by atoms with van der Waals surface area (Å²) in [6.45, 7) is 12.4. The van der Waals surface area contributed by atoms with Crippen molar-refractivity contribution in [3.05, 3.63) is 35.9 Å². The largest absolute Gasteiger partial charge is 0.567 e. The second kappa shape index (κ2) is 44.0. The van der Waals surface area contributed by atoms with Gasteiger partial charge in [0, 0.05) is 25.7 Å². The van der Waals surface area contributed by atoms with Crippen LogP contribution in [0.3, 0.4) is 0 Å². The van der Waals surface area contributed by atoms with E-state index >= 15 is 0 Å². The molecular formula is C61H99N14O27P+2. The van der Waals surface area contributed by atoms with Gasteiger partial charge in [-0.05, 0) is 76.7 Å². The number of carbonyl (C=O) groups is 17. The van der Waals surface area contributed by atoms with Crippen molar-refractivity contribution >= 4 is 109 Å². The predicted octanol–water partition coefficient (Wildman–Crippen LogP) is -7.96. The van der Waals surface area contributed by atoms with Crippen molar-refractivity contribution < 1.29 is 137 Å². The van der Waals surface area contributed by atoms with Crippen LogP contribution >= 0.6 is 8.17 Å². The normalized spacial score (nSPS) is 15.8. The van der Waals surface area contributed by atoms with Crippen LogP contribution in [0.2, 0.25) is 0 Å². The topological polar surface area (TPSA) is 680 Å². The lowest BCUT2D eigenvalue weighted by Gasteiger charge is -2.30. The molecule has 0 saturated carbocycles. The Hall–Kier alpha value is -9.64. The molecule has 0 fully saturated rings. The lowest BCUT2D eigenvalue weighted by atomic mass is 10.00. The van der Waals surface area contributed by atoms with E-state index in [0.29, 0.717) is 5.56 Å². The molecule has 13 amide bonds. The maximum absolute atomic E-state index is 14.2. The zero-order valence-electron chi connectivity index (χ0n) is 58.5. The molecule has 1 rings (SSSR count). The van der Waals surface area contributed by atoms with E-state index in [-0.39, 0.29) is 25.2 Å². The van der Waals surface area contributed by atoms with Crippen molar-refractivity contribution in [3.63, 3.8) is 0 Å². The Morgan fingerprint density at radius 1 is 0.437 bits per heavy atom. The highest BCUT2D eigenvalue weighted by Gasteiger charge is 2.44. The average Bonchev–Trinajstić information content (AvgIpc) is 0.843. The number of rotatable bonds is 47. The molecule has 0 unspecified atom stereocenters. The van der Waals surface area contributed by atoms with Gasteiger partial charge in [-0.15, -0.1) is 4.52 Å².